The van der Waals surface area contributed by atoms with Crippen LogP contribution in [-0.2, 0) is 101 Å². The van der Waals surface area contributed by atoms with Crippen molar-refractivity contribution in [2.45, 2.75) is 262 Å². The lowest BCUT2D eigenvalue weighted by atomic mass is 9.87. The van der Waals surface area contributed by atoms with Crippen LogP contribution in [0.3, 0.4) is 0 Å². The number of cyclic esters (lactones) is 1. The summed E-state index contributed by atoms with van der Waals surface area (Å²) in [7, 11) is 1.07. The molecule has 0 spiro atoms. The van der Waals surface area contributed by atoms with Gasteiger partial charge in [-0.2, -0.15) is 0 Å². The fourth-order valence-electron chi connectivity index (χ4n) is 13.7. The van der Waals surface area contributed by atoms with Gasteiger partial charge in [0.1, 0.15) is 84.6 Å². The van der Waals surface area contributed by atoms with Gasteiger partial charge in [0.15, 0.2) is 6.10 Å². The Bertz CT molecular complexity index is 3450. The van der Waals surface area contributed by atoms with E-state index in [4.69, 9.17) is 38.1 Å². The van der Waals surface area contributed by atoms with E-state index in [-0.39, 0.29) is 64.0 Å². The highest BCUT2D eigenvalue weighted by atomic mass is 16.5. The number of likely N-dealkylation sites (tertiary alicyclic amines) is 1. The zero-order valence-corrected chi connectivity index (χ0v) is 65.5. The molecule has 0 aromatic heterocycles. The molecule has 0 aromatic carbocycles. The number of carbonyl (C=O) groups is 19. The molecule has 24 N–H and O–H groups in total. The lowest BCUT2D eigenvalue weighted by Crippen LogP contribution is -2.64. The van der Waals surface area contributed by atoms with Crippen molar-refractivity contribution in [1.82, 2.24) is 62.6 Å². The number of rotatable bonds is 36. The van der Waals surface area contributed by atoms with Crippen LogP contribution in [0.1, 0.15) is 159 Å². The van der Waals surface area contributed by atoms with Gasteiger partial charge >= 0.3 is 17.9 Å². The maximum Gasteiger partial charge on any atom is 0.329 e. The summed E-state index contributed by atoms with van der Waals surface area (Å²) in [5.74, 6) is -29.0. The topological polar surface area (TPSA) is 692 Å². The molecule has 0 bridgehead atoms. The second-order valence-corrected chi connectivity index (χ2v) is 29.6. The molecule has 636 valence electrons. The minimum atomic E-state index is -2.45. The number of primary amides is 4. The molecule has 3 saturated heterocycles. The first-order valence-corrected chi connectivity index (χ1v) is 37.5. The first-order valence-electron chi connectivity index (χ1n) is 37.5. The van der Waals surface area contributed by atoms with Crippen LogP contribution in [0.25, 0.3) is 0 Å². The average molecular weight is 1610 g/mol. The van der Waals surface area contributed by atoms with Crippen LogP contribution in [0, 0.1) is 29.6 Å². The van der Waals surface area contributed by atoms with Crippen molar-refractivity contribution in [1.29, 1.82) is 0 Å². The summed E-state index contributed by atoms with van der Waals surface area (Å²) >= 11 is 0. The summed E-state index contributed by atoms with van der Waals surface area (Å²) in [6, 6.07) is -26.3. The number of likely N-dealkylation sites (N-methyl/N-ethyl adjacent to an activating group) is 1. The van der Waals surface area contributed by atoms with Crippen LogP contribution in [-0.4, -0.2) is 289 Å². The molecule has 113 heavy (non-hydrogen) atoms. The first-order chi connectivity index (χ1) is 52.8. The molecule has 20 atom stereocenters. The lowest BCUT2D eigenvalue weighted by molar-refractivity contribution is -0.168. The van der Waals surface area contributed by atoms with E-state index in [0.29, 0.717) is 11.3 Å². The van der Waals surface area contributed by atoms with Gasteiger partial charge in [0.25, 0.3) is 0 Å². The van der Waals surface area contributed by atoms with Gasteiger partial charge < -0.3 is 126 Å². The van der Waals surface area contributed by atoms with Crippen molar-refractivity contribution >= 4 is 112 Å². The minimum absolute atomic E-state index is 0.0536. The number of nitrogens with one attached hydrogen (secondary N) is 9. The molecule has 0 aromatic rings. The van der Waals surface area contributed by atoms with Crippen LogP contribution >= 0.6 is 0 Å². The van der Waals surface area contributed by atoms with E-state index in [2.05, 4.69) is 47.9 Å². The third-order valence-corrected chi connectivity index (χ3v) is 19.5. The zero-order valence-electron chi connectivity index (χ0n) is 65.5. The van der Waals surface area contributed by atoms with E-state index in [9.17, 15) is 107 Å². The number of nitrogens with zero attached hydrogens (tertiary/aromatic N) is 3. The van der Waals surface area contributed by atoms with Crippen LogP contribution < -0.4 is 76.5 Å². The first kappa shape index (κ1) is 96.9. The number of hydrogen-bond acceptors (Lipinski definition) is 25. The highest BCUT2D eigenvalue weighted by molar-refractivity contribution is 6.04. The van der Waals surface area contributed by atoms with Crippen LogP contribution in [0.2, 0.25) is 0 Å². The molecule has 0 radical (unpaired) electrons. The number of ether oxygens (including phenoxy) is 2. The predicted molar refractivity (Wildman–Crippen MR) is 393 cm³/mol. The van der Waals surface area contributed by atoms with Crippen LogP contribution in [0.5, 0.6) is 0 Å². The standard InChI is InChI=1S/C70H115N17O26/c1-12-112-55(57(75)98)51-65(106)80-41(28-48(94)95)68(109)86-24-16-14-18-44(86)70(111)113-36(10)53(66(107)83-50(35(9)89)64(105)77-37(17-13-15-23-71)59(100)79-40(26-31(4)5)67(108)85(11)43(63(104)84-51)20-22-46(73)91)87-52(56(74)97)33(7)49(69(87)110)82-62(103)42(29-88)81-60(101)38(19-21-45(72)90)76-61(102)39(27-47(92)93)78-58(99)34(8)54(96)32(6)25-30(2)3/h30-44,49-55,88-89,96H,12-29,71H2,1-11H3,(H2,72,90)(H2,73,91)(H2,74,97)(H2,75,98)(H,76,102)(H,77,105)(H,78,99)(H,79,100)(H,80,106)(H,81,101)(H,82,103)(H,83,107)(H,84,104)(H,92,93)(H,94,95)/t32-,33-,34-,35-,36-,37-,38+,39-,40+,41-,42+,43+,44+,49+,50?,51+,52-,53-,54-,55+/m1/s1. The van der Waals surface area contributed by atoms with Gasteiger partial charge in [-0.15, -0.1) is 0 Å². The van der Waals surface area contributed by atoms with Crippen LogP contribution in [0.4, 0.5) is 0 Å². The molecule has 1 unspecified atom stereocenters. The summed E-state index contributed by atoms with van der Waals surface area (Å²) in [4.78, 5) is 269. The highest BCUT2D eigenvalue weighted by Gasteiger charge is 2.56. The minimum Gasteiger partial charge on any atom is -0.481 e. The Morgan fingerprint density at radius 2 is 1.21 bits per heavy atom. The summed E-state index contributed by atoms with van der Waals surface area (Å²) in [5, 5.41) is 73.7. The number of aliphatic carboxylic acids is 2. The van der Waals surface area contributed by atoms with Gasteiger partial charge in [-0.25, -0.2) is 4.79 Å². The molecule has 3 heterocycles. The number of hydrogen-bond donors (Lipinski definition) is 19. The maximum absolute atomic E-state index is 15.5. The van der Waals surface area contributed by atoms with E-state index in [0.717, 1.165) is 37.6 Å². The molecule has 43 heteroatoms. The molecule has 3 aliphatic rings. The smallest absolute Gasteiger partial charge is 0.329 e. The van der Waals surface area contributed by atoms with Gasteiger partial charge in [-0.3, -0.25) is 86.3 Å². The van der Waals surface area contributed by atoms with Gasteiger partial charge in [0.2, 0.25) is 94.5 Å². The normalized spacial score (nSPS) is 25.6. The SMILES string of the molecule is CCO[C@H](C(N)=O)[C@@H]1NC(=O)[C@H](CCC(N)=O)N(C)C(=O)[C@H](CC(C)C)NC(=O)[C@@H](CCCCN)NC(=O)C([C@@H](C)O)NC(=O)[C@H](N2C(=O)[C@@H](NC(=O)[C@H](CO)NC(=O)[C@H](CCC(N)=O)NC(=O)[C@@H](CC(=O)O)NC(=O)[C@H](C)[C@H](O)[C@H](C)CC(C)C)[C@@H](C)[C@@H]2C(N)=O)[C@@H](C)OC(=O)[C@@H]2CCCCN2C(=O)[C@@H](CC(=O)O)NC1=O. The molecule has 16 amide bonds. The van der Waals surface area contributed by atoms with Gasteiger partial charge in [0.05, 0.1) is 37.6 Å². The van der Waals surface area contributed by atoms with Gasteiger partial charge in [-0.1, -0.05) is 48.5 Å². The number of unbranched alkanes of at least 4 members (excludes halogenated alkanes) is 1. The molecular weight excluding hydrogens is 1490 g/mol. The average Bonchev–Trinajstić information content (AvgIpc) is 1.61. The van der Waals surface area contributed by atoms with Crippen molar-refractivity contribution < 1.29 is 126 Å². The molecule has 3 aliphatic heterocycles. The Hall–Kier alpha value is -10.3. The molecular formula is C70H115N17O26. The van der Waals surface area contributed by atoms with Gasteiger partial charge in [-0.05, 0) is 109 Å². The van der Waals surface area contributed by atoms with E-state index >= 15 is 9.59 Å². The monoisotopic (exact) mass is 1610 g/mol. The Labute approximate surface area is 652 Å². The van der Waals surface area contributed by atoms with Crippen molar-refractivity contribution in [2.24, 2.45) is 58.3 Å². The lowest BCUT2D eigenvalue weighted by Gasteiger charge is -2.39. The zero-order chi connectivity index (χ0) is 85.9. The maximum atomic E-state index is 15.5. The molecule has 0 aliphatic carbocycles. The van der Waals surface area contributed by atoms with E-state index in [1.54, 1.807) is 20.8 Å². The number of carbonyl (C=O) groups excluding carboxylic acids is 17. The van der Waals surface area contributed by atoms with Crippen molar-refractivity contribution in [2.75, 3.05) is 33.4 Å². The Morgan fingerprint density at radius 1 is 0.637 bits per heavy atom. The van der Waals surface area contributed by atoms with Crippen molar-refractivity contribution in [3.8, 4) is 0 Å². The molecule has 3 fully saturated rings. The number of aliphatic hydroxyl groups is 3. The second-order valence-electron chi connectivity index (χ2n) is 29.6. The second kappa shape index (κ2) is 45.4. The Morgan fingerprint density at radius 3 is 1.75 bits per heavy atom. The number of nitrogens with two attached hydrogens (primary N) is 5. The van der Waals surface area contributed by atoms with Crippen molar-refractivity contribution in [3.63, 3.8) is 0 Å². The largest absolute Gasteiger partial charge is 0.481 e. The number of amides is 16. The van der Waals surface area contributed by atoms with Gasteiger partial charge in [0, 0.05) is 39.0 Å². The summed E-state index contributed by atoms with van der Waals surface area (Å²) in [5.41, 5.74) is 28.4. The molecule has 0 saturated carbocycles. The number of aliphatic hydroxyl groups excluding tert-OH is 3. The number of carboxylic acids is 2. The number of esters is 1. The number of fused-ring (bicyclic) bond motifs is 1. The molecule has 43 nitrogen and oxygen atoms in total. The summed E-state index contributed by atoms with van der Waals surface area (Å²) in [6.07, 6.45) is -12.2. The number of piperidine rings is 1. The highest BCUT2D eigenvalue weighted by Crippen LogP contribution is 2.32. The third-order valence-electron chi connectivity index (χ3n) is 19.5. The predicted octanol–water partition coefficient (Wildman–Crippen LogP) is -8.20. The summed E-state index contributed by atoms with van der Waals surface area (Å²) < 4.78 is 11.5. The van der Waals surface area contributed by atoms with E-state index in [1.807, 2.05) is 13.8 Å². The summed E-state index contributed by atoms with van der Waals surface area (Å²) in [6.45, 7) is 12.4. The Balaban J connectivity index is 2.36. The van der Waals surface area contributed by atoms with Crippen LogP contribution in [0.15, 0.2) is 0 Å². The van der Waals surface area contributed by atoms with E-state index < -0.39 is 291 Å². The van der Waals surface area contributed by atoms with E-state index in [1.165, 1.54) is 13.8 Å². The number of carboxylic acid groups (broad SMARTS) is 2. The fourth-order valence-corrected chi connectivity index (χ4v) is 13.7. The fraction of sp³-hybridized carbons (Fsp3) is 0.729. The Kier molecular flexibility index (Phi) is 39.0. The molecule has 3 rings (SSSR count). The van der Waals surface area contributed by atoms with Crippen molar-refractivity contribution in [3.05, 3.63) is 0 Å². The quantitative estimate of drug-likeness (QED) is 0.0205. The third kappa shape index (κ3) is 28.4.